The molecule has 0 bridgehead atoms. The Balaban J connectivity index is -0.0000000771. The molecule has 0 amide bonds. The van der Waals surface area contributed by atoms with Crippen LogP contribution in [-0.4, -0.2) is 12.8 Å². The van der Waals surface area contributed by atoms with Crippen LogP contribution in [0.3, 0.4) is 0 Å². The predicted octanol–water partition coefficient (Wildman–Crippen LogP) is 2.70. The first-order chi connectivity index (χ1) is 4.27. The molecular formula is C8H17N. The van der Waals surface area contributed by atoms with E-state index in [1.165, 1.54) is 0 Å². The van der Waals surface area contributed by atoms with Crippen LogP contribution >= 0.6 is 0 Å². The van der Waals surface area contributed by atoms with Crippen molar-refractivity contribution in [1.29, 1.82) is 0 Å². The van der Waals surface area contributed by atoms with Crippen molar-refractivity contribution in [2.24, 2.45) is 4.99 Å². The molecule has 54 valence electrons. The summed E-state index contributed by atoms with van der Waals surface area (Å²) >= 11 is 0. The molecule has 0 heterocycles. The molecule has 0 aromatic heterocycles. The van der Waals surface area contributed by atoms with Gasteiger partial charge >= 0.3 is 0 Å². The zero-order chi connectivity index (χ0) is 8.28. The number of rotatable bonds is 0. The van der Waals surface area contributed by atoms with Gasteiger partial charge in [0.25, 0.3) is 0 Å². The minimum absolute atomic E-state index is 1.13. The molecule has 0 aliphatic carbocycles. The van der Waals surface area contributed by atoms with Gasteiger partial charge in [-0.25, -0.2) is 0 Å². The van der Waals surface area contributed by atoms with Crippen molar-refractivity contribution < 1.29 is 0 Å². The third-order valence-electron chi connectivity index (χ3n) is 0.447. The van der Waals surface area contributed by atoms with Gasteiger partial charge in [0.05, 0.1) is 0 Å². The van der Waals surface area contributed by atoms with E-state index in [2.05, 4.69) is 31.3 Å². The van der Waals surface area contributed by atoms with Gasteiger partial charge in [-0.05, 0) is 13.8 Å². The maximum Gasteiger partial charge on any atom is 0.0276 e. The van der Waals surface area contributed by atoms with Gasteiger partial charge in [-0.15, -0.1) is 26.3 Å². The minimum Gasteiger partial charge on any atom is -0.298 e. The highest BCUT2D eigenvalue weighted by Gasteiger charge is 1.62. The largest absolute Gasteiger partial charge is 0.298 e. The molecule has 0 N–H and O–H groups in total. The standard InChI is InChI=1S/C4H9N.2C2H4/c1-4(2)5-3;2*1-2/h1-3H3;2*1-2H2. The predicted molar refractivity (Wildman–Crippen MR) is 47.2 cm³/mol. The second-order valence-corrected chi connectivity index (χ2v) is 1.17. The Morgan fingerprint density at radius 3 is 1.11 bits per heavy atom. The quantitative estimate of drug-likeness (QED) is 0.350. The van der Waals surface area contributed by atoms with Crippen LogP contribution in [-0.2, 0) is 0 Å². The van der Waals surface area contributed by atoms with Crippen LogP contribution in [0.25, 0.3) is 0 Å². The van der Waals surface area contributed by atoms with E-state index >= 15 is 0 Å². The van der Waals surface area contributed by atoms with E-state index in [-0.39, 0.29) is 0 Å². The van der Waals surface area contributed by atoms with Crippen LogP contribution in [0, 0.1) is 0 Å². The number of hydrogen-bond acceptors (Lipinski definition) is 1. The zero-order valence-corrected chi connectivity index (χ0v) is 6.78. The van der Waals surface area contributed by atoms with E-state index in [4.69, 9.17) is 0 Å². The number of hydrogen-bond donors (Lipinski definition) is 0. The van der Waals surface area contributed by atoms with Gasteiger partial charge < -0.3 is 0 Å². The molecule has 0 fully saturated rings. The van der Waals surface area contributed by atoms with Gasteiger partial charge in [0.1, 0.15) is 0 Å². The Labute approximate surface area is 58.8 Å². The molecule has 1 heteroatoms. The Bertz CT molecular complexity index is 59.0. The van der Waals surface area contributed by atoms with Gasteiger partial charge in [-0.3, -0.25) is 4.99 Å². The third-order valence-corrected chi connectivity index (χ3v) is 0.447. The second kappa shape index (κ2) is 27.3. The summed E-state index contributed by atoms with van der Waals surface area (Å²) in [6, 6.07) is 0. The highest BCUT2D eigenvalue weighted by molar-refractivity contribution is 5.78. The van der Waals surface area contributed by atoms with Crippen molar-refractivity contribution >= 4 is 5.71 Å². The summed E-state index contributed by atoms with van der Waals surface area (Å²) in [6.07, 6.45) is 0. The molecule has 0 saturated heterocycles. The molecule has 0 radical (unpaired) electrons. The van der Waals surface area contributed by atoms with E-state index in [0.29, 0.717) is 0 Å². The SMILES string of the molecule is C=C.C=C.CN=C(C)C. The van der Waals surface area contributed by atoms with E-state index in [1.807, 2.05) is 13.8 Å². The summed E-state index contributed by atoms with van der Waals surface area (Å²) < 4.78 is 0. The molecule has 0 aliphatic heterocycles. The van der Waals surface area contributed by atoms with Crippen molar-refractivity contribution in [3.8, 4) is 0 Å². The van der Waals surface area contributed by atoms with Crippen LogP contribution in [0.5, 0.6) is 0 Å². The van der Waals surface area contributed by atoms with Gasteiger partial charge in [-0.2, -0.15) is 0 Å². The Morgan fingerprint density at radius 2 is 1.11 bits per heavy atom. The van der Waals surface area contributed by atoms with E-state index in [0.717, 1.165) is 5.71 Å². The molecule has 0 aliphatic rings. The Morgan fingerprint density at radius 1 is 1.00 bits per heavy atom. The fourth-order valence-corrected chi connectivity index (χ4v) is 0. The second-order valence-electron chi connectivity index (χ2n) is 1.17. The lowest BCUT2D eigenvalue weighted by Crippen LogP contribution is -1.74. The first-order valence-electron chi connectivity index (χ1n) is 2.67. The highest BCUT2D eigenvalue weighted by atomic mass is 14.7. The van der Waals surface area contributed by atoms with Gasteiger partial charge in [0.2, 0.25) is 0 Å². The summed E-state index contributed by atoms with van der Waals surface area (Å²) in [5.74, 6) is 0. The molecule has 0 saturated carbocycles. The van der Waals surface area contributed by atoms with Gasteiger partial charge in [0.15, 0.2) is 0 Å². The smallest absolute Gasteiger partial charge is 0.0276 e. The first-order valence-corrected chi connectivity index (χ1v) is 2.67. The van der Waals surface area contributed by atoms with Crippen molar-refractivity contribution in [3.63, 3.8) is 0 Å². The van der Waals surface area contributed by atoms with Crippen molar-refractivity contribution in [1.82, 2.24) is 0 Å². The van der Waals surface area contributed by atoms with Crippen LogP contribution in [0.15, 0.2) is 31.3 Å². The average molecular weight is 127 g/mol. The Hall–Kier alpha value is -0.850. The Kier molecular flexibility index (Phi) is 47.6. The summed E-state index contributed by atoms with van der Waals surface area (Å²) in [6.45, 7) is 15.9. The van der Waals surface area contributed by atoms with E-state index < -0.39 is 0 Å². The molecule has 1 nitrogen and oxygen atoms in total. The van der Waals surface area contributed by atoms with Crippen molar-refractivity contribution in [2.45, 2.75) is 13.8 Å². The molecule has 0 spiro atoms. The lowest BCUT2D eigenvalue weighted by molar-refractivity contribution is 1.41. The first kappa shape index (κ1) is 15.7. The molecule has 0 unspecified atom stereocenters. The monoisotopic (exact) mass is 127 g/mol. The van der Waals surface area contributed by atoms with Crippen molar-refractivity contribution in [3.05, 3.63) is 26.3 Å². The molecule has 0 aromatic carbocycles. The van der Waals surface area contributed by atoms with Crippen molar-refractivity contribution in [2.75, 3.05) is 7.05 Å². The summed E-state index contributed by atoms with van der Waals surface area (Å²) in [7, 11) is 1.79. The van der Waals surface area contributed by atoms with Crippen LogP contribution in [0.2, 0.25) is 0 Å². The molecule has 0 atom stereocenters. The van der Waals surface area contributed by atoms with Crippen LogP contribution in [0.4, 0.5) is 0 Å². The van der Waals surface area contributed by atoms with Gasteiger partial charge in [-0.1, -0.05) is 0 Å². The fraction of sp³-hybridized carbons (Fsp3) is 0.375. The number of nitrogens with zero attached hydrogens (tertiary/aromatic N) is 1. The normalized spacial score (nSPS) is 4.78. The highest BCUT2D eigenvalue weighted by Crippen LogP contribution is 1.63. The summed E-state index contributed by atoms with van der Waals surface area (Å²) in [5.41, 5.74) is 1.13. The van der Waals surface area contributed by atoms with Crippen LogP contribution in [0.1, 0.15) is 13.8 Å². The lowest BCUT2D eigenvalue weighted by Gasteiger charge is -1.74. The molecule has 9 heavy (non-hydrogen) atoms. The third kappa shape index (κ3) is 143. The maximum atomic E-state index is 3.81. The average Bonchev–Trinajstić information content (AvgIpc) is 1.97. The minimum atomic E-state index is 1.13. The van der Waals surface area contributed by atoms with E-state index in [9.17, 15) is 0 Å². The summed E-state index contributed by atoms with van der Waals surface area (Å²) in [5, 5.41) is 0. The number of aliphatic imine (C=N–C) groups is 1. The topological polar surface area (TPSA) is 12.4 Å². The van der Waals surface area contributed by atoms with Gasteiger partial charge in [0, 0.05) is 12.8 Å². The maximum absolute atomic E-state index is 3.81. The molecular weight excluding hydrogens is 110 g/mol. The molecule has 0 aromatic rings. The fourth-order valence-electron chi connectivity index (χ4n) is 0. The summed E-state index contributed by atoms with van der Waals surface area (Å²) in [4.78, 5) is 3.81. The molecule has 0 rings (SSSR count). The zero-order valence-electron chi connectivity index (χ0n) is 6.78. The van der Waals surface area contributed by atoms with Crippen LogP contribution < -0.4 is 0 Å². The van der Waals surface area contributed by atoms with E-state index in [1.54, 1.807) is 7.05 Å². The lowest BCUT2D eigenvalue weighted by atomic mass is 10.5.